The zero-order valence-corrected chi connectivity index (χ0v) is 13.9. The van der Waals surface area contributed by atoms with Crippen molar-refractivity contribution >= 4 is 5.91 Å². The molecule has 0 aliphatic carbocycles. The highest BCUT2D eigenvalue weighted by atomic mass is 16.2. The number of hydrogen-bond donors (Lipinski definition) is 2. The van der Waals surface area contributed by atoms with Crippen molar-refractivity contribution in [3.05, 3.63) is 0 Å². The second-order valence-corrected chi connectivity index (χ2v) is 6.01. The van der Waals surface area contributed by atoms with Crippen molar-refractivity contribution < 1.29 is 4.79 Å². The number of hydrogen-bond acceptors (Lipinski definition) is 3. The summed E-state index contributed by atoms with van der Waals surface area (Å²) < 4.78 is 0. The van der Waals surface area contributed by atoms with Gasteiger partial charge in [-0.05, 0) is 45.2 Å². The minimum absolute atomic E-state index is 0.0445. The summed E-state index contributed by atoms with van der Waals surface area (Å²) in [7, 11) is 0. The molecule has 0 radical (unpaired) electrons. The van der Waals surface area contributed by atoms with E-state index in [2.05, 4.69) is 28.4 Å². The summed E-state index contributed by atoms with van der Waals surface area (Å²) in [5, 5.41) is 6.55. The van der Waals surface area contributed by atoms with E-state index in [1.54, 1.807) is 0 Å². The quantitative estimate of drug-likeness (QED) is 0.637. The van der Waals surface area contributed by atoms with Gasteiger partial charge in [0.25, 0.3) is 0 Å². The Kier molecular flexibility index (Phi) is 7.77. The van der Waals surface area contributed by atoms with Crippen molar-refractivity contribution in [2.45, 2.75) is 64.5 Å². The number of amides is 1. The van der Waals surface area contributed by atoms with Gasteiger partial charge in [-0.2, -0.15) is 0 Å². The highest BCUT2D eigenvalue weighted by Gasteiger charge is 2.26. The van der Waals surface area contributed by atoms with E-state index in [1.807, 2.05) is 13.8 Å². The maximum Gasteiger partial charge on any atom is 0.235 e. The van der Waals surface area contributed by atoms with E-state index in [4.69, 9.17) is 6.42 Å². The standard InChI is InChI=1S/C17H31N3O/c1-5-12-20(13-15-10-9-11-18-15)14-16(21)19-17(6-2,7-3)8-4/h2,15,18H,5,7-14H2,1,3-4H3,(H,19,21). The van der Waals surface area contributed by atoms with Crippen LogP contribution in [0.5, 0.6) is 0 Å². The molecule has 1 rings (SSSR count). The predicted octanol–water partition coefficient (Wildman–Crippen LogP) is 1.76. The summed E-state index contributed by atoms with van der Waals surface area (Å²) >= 11 is 0. The van der Waals surface area contributed by atoms with Crippen molar-refractivity contribution in [2.75, 3.05) is 26.2 Å². The average Bonchev–Trinajstić information content (AvgIpc) is 2.98. The van der Waals surface area contributed by atoms with Crippen molar-refractivity contribution in [3.63, 3.8) is 0 Å². The third-order valence-corrected chi connectivity index (χ3v) is 4.41. The second kappa shape index (κ2) is 9.07. The minimum Gasteiger partial charge on any atom is -0.339 e. The zero-order valence-electron chi connectivity index (χ0n) is 13.9. The van der Waals surface area contributed by atoms with Gasteiger partial charge in [-0.3, -0.25) is 9.69 Å². The summed E-state index contributed by atoms with van der Waals surface area (Å²) in [6.45, 7) is 9.64. The Morgan fingerprint density at radius 2 is 2.14 bits per heavy atom. The Morgan fingerprint density at radius 1 is 1.43 bits per heavy atom. The molecule has 120 valence electrons. The SMILES string of the molecule is C#CC(CC)(CC)NC(=O)CN(CCC)CC1CCCN1. The maximum absolute atomic E-state index is 12.3. The molecule has 0 aromatic heterocycles. The number of terminal acetylenes is 1. The Morgan fingerprint density at radius 3 is 2.62 bits per heavy atom. The first-order valence-corrected chi connectivity index (χ1v) is 8.33. The van der Waals surface area contributed by atoms with Gasteiger partial charge in [0.05, 0.1) is 6.54 Å². The Bertz CT molecular complexity index is 352. The lowest BCUT2D eigenvalue weighted by atomic mass is 9.94. The van der Waals surface area contributed by atoms with Gasteiger partial charge in [0.2, 0.25) is 5.91 Å². The third-order valence-electron chi connectivity index (χ3n) is 4.41. The van der Waals surface area contributed by atoms with E-state index in [-0.39, 0.29) is 5.91 Å². The molecule has 1 fully saturated rings. The Hall–Kier alpha value is -1.05. The molecule has 0 aromatic rings. The molecule has 2 N–H and O–H groups in total. The lowest BCUT2D eigenvalue weighted by Gasteiger charge is -2.30. The molecule has 1 unspecified atom stereocenters. The normalized spacial score (nSPS) is 18.7. The fourth-order valence-corrected chi connectivity index (χ4v) is 2.95. The van der Waals surface area contributed by atoms with Gasteiger partial charge < -0.3 is 10.6 Å². The van der Waals surface area contributed by atoms with Crippen LogP contribution in [0.15, 0.2) is 0 Å². The van der Waals surface area contributed by atoms with Gasteiger partial charge in [0.1, 0.15) is 5.54 Å². The molecule has 0 bridgehead atoms. The number of carbonyl (C=O) groups excluding carboxylic acids is 1. The van der Waals surface area contributed by atoms with Gasteiger partial charge in [-0.25, -0.2) is 0 Å². The molecule has 0 aromatic carbocycles. The van der Waals surface area contributed by atoms with Gasteiger partial charge in [-0.1, -0.05) is 26.7 Å². The van der Waals surface area contributed by atoms with Crippen LogP contribution in [0, 0.1) is 12.3 Å². The minimum atomic E-state index is -0.486. The monoisotopic (exact) mass is 293 g/mol. The molecule has 1 heterocycles. The molecule has 1 atom stereocenters. The molecule has 21 heavy (non-hydrogen) atoms. The van der Waals surface area contributed by atoms with Crippen LogP contribution in [0.25, 0.3) is 0 Å². The van der Waals surface area contributed by atoms with Crippen LogP contribution in [-0.2, 0) is 4.79 Å². The summed E-state index contributed by atoms with van der Waals surface area (Å²) in [6, 6.07) is 0.527. The van der Waals surface area contributed by atoms with E-state index in [1.165, 1.54) is 12.8 Å². The van der Waals surface area contributed by atoms with Crippen LogP contribution < -0.4 is 10.6 Å². The summed E-state index contributed by atoms with van der Waals surface area (Å²) in [5.74, 6) is 2.81. The molecule has 0 saturated carbocycles. The number of nitrogens with zero attached hydrogens (tertiary/aromatic N) is 1. The predicted molar refractivity (Wildman–Crippen MR) is 88.0 cm³/mol. The number of carbonyl (C=O) groups is 1. The van der Waals surface area contributed by atoms with E-state index >= 15 is 0 Å². The van der Waals surface area contributed by atoms with Gasteiger partial charge >= 0.3 is 0 Å². The Labute approximate surface area is 130 Å². The molecule has 1 aliphatic heterocycles. The van der Waals surface area contributed by atoms with Crippen molar-refractivity contribution in [3.8, 4) is 12.3 Å². The fraction of sp³-hybridized carbons (Fsp3) is 0.824. The van der Waals surface area contributed by atoms with E-state index < -0.39 is 5.54 Å². The highest BCUT2D eigenvalue weighted by molar-refractivity contribution is 5.79. The highest BCUT2D eigenvalue weighted by Crippen LogP contribution is 2.14. The maximum atomic E-state index is 12.3. The van der Waals surface area contributed by atoms with Crippen molar-refractivity contribution in [1.29, 1.82) is 0 Å². The zero-order chi connectivity index (χ0) is 15.7. The molecule has 4 nitrogen and oxygen atoms in total. The van der Waals surface area contributed by atoms with Gasteiger partial charge in [0, 0.05) is 12.6 Å². The van der Waals surface area contributed by atoms with E-state index in [0.717, 1.165) is 38.9 Å². The largest absolute Gasteiger partial charge is 0.339 e. The Balaban J connectivity index is 2.53. The van der Waals surface area contributed by atoms with E-state index in [0.29, 0.717) is 12.6 Å². The molecule has 4 heteroatoms. The second-order valence-electron chi connectivity index (χ2n) is 6.01. The summed E-state index contributed by atoms with van der Waals surface area (Å²) in [5.41, 5.74) is -0.486. The number of rotatable bonds is 9. The van der Waals surface area contributed by atoms with Crippen LogP contribution in [-0.4, -0.2) is 48.6 Å². The molecular weight excluding hydrogens is 262 g/mol. The van der Waals surface area contributed by atoms with Gasteiger partial charge in [0.15, 0.2) is 0 Å². The van der Waals surface area contributed by atoms with Crippen LogP contribution in [0.2, 0.25) is 0 Å². The van der Waals surface area contributed by atoms with Crippen LogP contribution in [0.1, 0.15) is 52.9 Å². The average molecular weight is 293 g/mol. The molecule has 1 aliphatic rings. The van der Waals surface area contributed by atoms with Crippen LogP contribution >= 0.6 is 0 Å². The third kappa shape index (κ3) is 5.68. The summed E-state index contributed by atoms with van der Waals surface area (Å²) in [4.78, 5) is 14.6. The topological polar surface area (TPSA) is 44.4 Å². The smallest absolute Gasteiger partial charge is 0.235 e. The lowest BCUT2D eigenvalue weighted by molar-refractivity contribution is -0.123. The van der Waals surface area contributed by atoms with Crippen LogP contribution in [0.3, 0.4) is 0 Å². The lowest BCUT2D eigenvalue weighted by Crippen LogP contribution is -2.51. The fourth-order valence-electron chi connectivity index (χ4n) is 2.95. The first-order chi connectivity index (χ1) is 10.1. The molecular formula is C17H31N3O. The molecule has 0 spiro atoms. The molecule has 1 amide bonds. The first kappa shape index (κ1) is 18.0. The first-order valence-electron chi connectivity index (χ1n) is 8.33. The van der Waals surface area contributed by atoms with Gasteiger partial charge in [-0.15, -0.1) is 6.42 Å². The van der Waals surface area contributed by atoms with E-state index in [9.17, 15) is 4.79 Å². The van der Waals surface area contributed by atoms with Crippen molar-refractivity contribution in [2.24, 2.45) is 0 Å². The van der Waals surface area contributed by atoms with Crippen LogP contribution in [0.4, 0.5) is 0 Å². The van der Waals surface area contributed by atoms with Crippen molar-refractivity contribution in [1.82, 2.24) is 15.5 Å². The molecule has 1 saturated heterocycles. The summed E-state index contributed by atoms with van der Waals surface area (Å²) in [6.07, 6.45) is 10.6. The number of nitrogens with one attached hydrogen (secondary N) is 2.